The van der Waals surface area contributed by atoms with Crippen molar-refractivity contribution in [1.29, 1.82) is 0 Å². The van der Waals surface area contributed by atoms with Gasteiger partial charge < -0.3 is 4.74 Å². The van der Waals surface area contributed by atoms with Gasteiger partial charge in [0.05, 0.1) is 11.7 Å². The number of aromatic nitrogens is 1. The number of pyridine rings is 1. The van der Waals surface area contributed by atoms with Crippen molar-refractivity contribution in [2.75, 3.05) is 0 Å². The van der Waals surface area contributed by atoms with Crippen LogP contribution in [0.5, 0.6) is 11.5 Å². The molecule has 0 amide bonds. The molecule has 23 heavy (non-hydrogen) atoms. The third-order valence-electron chi connectivity index (χ3n) is 3.12. The van der Waals surface area contributed by atoms with Gasteiger partial charge in [-0.1, -0.05) is 23.2 Å². The Bertz CT molecular complexity index is 864. The van der Waals surface area contributed by atoms with Gasteiger partial charge in [0.1, 0.15) is 11.3 Å². The summed E-state index contributed by atoms with van der Waals surface area (Å²) >= 11 is 11.6. The molecule has 1 heterocycles. The first-order chi connectivity index (χ1) is 10.8. The van der Waals surface area contributed by atoms with Crippen LogP contribution in [0.1, 0.15) is 5.56 Å². The fraction of sp³-hybridized carbons (Fsp3) is 0.0625. The van der Waals surface area contributed by atoms with Crippen LogP contribution in [-0.2, 0) is 6.18 Å². The van der Waals surface area contributed by atoms with Crippen LogP contribution in [0.15, 0.2) is 48.7 Å². The summed E-state index contributed by atoms with van der Waals surface area (Å²) in [7, 11) is 0. The number of halogens is 5. The molecule has 7 heteroatoms. The lowest BCUT2D eigenvalue weighted by atomic mass is 10.1. The van der Waals surface area contributed by atoms with E-state index in [1.165, 1.54) is 42.5 Å². The van der Waals surface area contributed by atoms with Gasteiger partial charge in [0.25, 0.3) is 0 Å². The first-order valence-electron chi connectivity index (χ1n) is 6.43. The normalized spacial score (nSPS) is 11.7. The highest BCUT2D eigenvalue weighted by Gasteiger charge is 2.37. The van der Waals surface area contributed by atoms with Gasteiger partial charge in [-0.25, -0.2) is 0 Å². The molecule has 2 nitrogen and oxygen atoms in total. The van der Waals surface area contributed by atoms with Crippen LogP contribution in [0, 0.1) is 0 Å². The highest BCUT2D eigenvalue weighted by molar-refractivity contribution is 6.31. The Morgan fingerprint density at radius 3 is 2.22 bits per heavy atom. The zero-order chi connectivity index (χ0) is 16.6. The number of fused-ring (bicyclic) bond motifs is 1. The summed E-state index contributed by atoms with van der Waals surface area (Å²) < 4.78 is 45.9. The minimum absolute atomic E-state index is 0.114. The van der Waals surface area contributed by atoms with Gasteiger partial charge in [-0.2, -0.15) is 13.2 Å². The van der Waals surface area contributed by atoms with Gasteiger partial charge in [0.15, 0.2) is 5.75 Å². The van der Waals surface area contributed by atoms with Crippen LogP contribution < -0.4 is 4.74 Å². The van der Waals surface area contributed by atoms with Gasteiger partial charge in [0.2, 0.25) is 0 Å². The zero-order valence-electron chi connectivity index (χ0n) is 11.4. The molecule has 3 aromatic rings. The molecule has 0 spiro atoms. The van der Waals surface area contributed by atoms with E-state index in [9.17, 15) is 13.2 Å². The van der Waals surface area contributed by atoms with Crippen LogP contribution in [0.2, 0.25) is 10.0 Å². The van der Waals surface area contributed by atoms with Crippen LogP contribution in [0.4, 0.5) is 13.2 Å². The van der Waals surface area contributed by atoms with E-state index in [0.717, 1.165) is 6.20 Å². The van der Waals surface area contributed by atoms with Crippen molar-refractivity contribution >= 4 is 34.1 Å². The van der Waals surface area contributed by atoms with E-state index < -0.39 is 17.5 Å². The lowest BCUT2D eigenvalue weighted by Crippen LogP contribution is -2.09. The second kappa shape index (κ2) is 5.91. The van der Waals surface area contributed by atoms with Gasteiger partial charge in [-0.15, -0.1) is 0 Å². The number of hydrogen-bond acceptors (Lipinski definition) is 2. The standard InChI is InChI=1S/C16H8Cl2F3NO/c17-9-1-4-11(5-2-9)23-14-8-22-13-6-3-10(18)7-12(13)15(14)16(19,20)21/h1-8H. The highest BCUT2D eigenvalue weighted by Crippen LogP contribution is 2.42. The Morgan fingerprint density at radius 2 is 1.57 bits per heavy atom. The maximum atomic E-state index is 13.5. The summed E-state index contributed by atoms with van der Waals surface area (Å²) in [6.07, 6.45) is -3.57. The monoisotopic (exact) mass is 357 g/mol. The lowest BCUT2D eigenvalue weighted by Gasteiger charge is -2.16. The Labute approximate surface area is 139 Å². The number of alkyl halides is 3. The molecule has 0 fully saturated rings. The summed E-state index contributed by atoms with van der Waals surface area (Å²) in [6, 6.07) is 10.1. The van der Waals surface area contributed by atoms with Crippen molar-refractivity contribution in [3.05, 3.63) is 64.3 Å². The average Bonchev–Trinajstić information content (AvgIpc) is 2.48. The van der Waals surface area contributed by atoms with Gasteiger partial charge in [-0.05, 0) is 42.5 Å². The van der Waals surface area contributed by atoms with Crippen molar-refractivity contribution < 1.29 is 17.9 Å². The molecular weight excluding hydrogens is 350 g/mol. The van der Waals surface area contributed by atoms with Crippen molar-refractivity contribution in [3.63, 3.8) is 0 Å². The van der Waals surface area contributed by atoms with Crippen LogP contribution >= 0.6 is 23.2 Å². The van der Waals surface area contributed by atoms with E-state index in [1.54, 1.807) is 0 Å². The Balaban J connectivity index is 2.17. The fourth-order valence-electron chi connectivity index (χ4n) is 2.15. The number of nitrogens with zero attached hydrogens (tertiary/aromatic N) is 1. The molecule has 0 aliphatic rings. The smallest absolute Gasteiger partial charge is 0.420 e. The van der Waals surface area contributed by atoms with Crippen molar-refractivity contribution in [1.82, 2.24) is 4.98 Å². The Kier molecular flexibility index (Phi) is 4.08. The first kappa shape index (κ1) is 15.9. The average molecular weight is 358 g/mol. The molecule has 0 atom stereocenters. The number of rotatable bonds is 2. The third-order valence-corrected chi connectivity index (χ3v) is 3.61. The van der Waals surface area contributed by atoms with Gasteiger partial charge in [-0.3, -0.25) is 4.98 Å². The summed E-state index contributed by atoms with van der Waals surface area (Å²) in [5.41, 5.74) is -0.731. The van der Waals surface area contributed by atoms with Crippen molar-refractivity contribution in [2.24, 2.45) is 0 Å². The largest absolute Gasteiger partial charge is 0.455 e. The second-order valence-electron chi connectivity index (χ2n) is 4.71. The van der Waals surface area contributed by atoms with Crippen molar-refractivity contribution in [3.8, 4) is 11.5 Å². The predicted molar refractivity (Wildman–Crippen MR) is 83.3 cm³/mol. The minimum atomic E-state index is -4.62. The molecule has 1 aromatic heterocycles. The molecule has 0 bridgehead atoms. The third kappa shape index (κ3) is 3.35. The van der Waals surface area contributed by atoms with E-state index >= 15 is 0 Å². The molecule has 0 saturated carbocycles. The Morgan fingerprint density at radius 1 is 0.913 bits per heavy atom. The quantitative estimate of drug-likeness (QED) is 0.532. The first-order valence-corrected chi connectivity index (χ1v) is 7.19. The van der Waals surface area contributed by atoms with Crippen LogP contribution in [0.25, 0.3) is 10.9 Å². The number of ether oxygens (including phenoxy) is 1. The molecule has 0 N–H and O–H groups in total. The molecule has 118 valence electrons. The zero-order valence-corrected chi connectivity index (χ0v) is 12.9. The van der Waals surface area contributed by atoms with E-state index in [-0.39, 0.29) is 21.7 Å². The lowest BCUT2D eigenvalue weighted by molar-refractivity contribution is -0.137. The van der Waals surface area contributed by atoms with Crippen molar-refractivity contribution in [2.45, 2.75) is 6.18 Å². The number of benzene rings is 2. The molecule has 0 aliphatic heterocycles. The summed E-state index contributed by atoms with van der Waals surface area (Å²) in [6.45, 7) is 0. The Hall–Kier alpha value is -1.98. The minimum Gasteiger partial charge on any atom is -0.455 e. The van der Waals surface area contributed by atoms with E-state index in [4.69, 9.17) is 27.9 Å². The van der Waals surface area contributed by atoms with Gasteiger partial charge in [0, 0.05) is 15.4 Å². The topological polar surface area (TPSA) is 22.1 Å². The van der Waals surface area contributed by atoms with Crippen LogP contribution in [-0.4, -0.2) is 4.98 Å². The fourth-order valence-corrected chi connectivity index (χ4v) is 2.44. The SMILES string of the molecule is FC(F)(F)c1c(Oc2ccc(Cl)cc2)cnc2ccc(Cl)cc12. The van der Waals surface area contributed by atoms with Crippen LogP contribution in [0.3, 0.4) is 0 Å². The molecule has 2 aromatic carbocycles. The highest BCUT2D eigenvalue weighted by atomic mass is 35.5. The maximum Gasteiger partial charge on any atom is 0.420 e. The molecular formula is C16H8Cl2F3NO. The predicted octanol–water partition coefficient (Wildman–Crippen LogP) is 6.35. The summed E-state index contributed by atoms with van der Waals surface area (Å²) in [4.78, 5) is 4.00. The molecule has 0 saturated heterocycles. The maximum absolute atomic E-state index is 13.5. The molecule has 0 aliphatic carbocycles. The number of hydrogen-bond donors (Lipinski definition) is 0. The molecule has 0 radical (unpaired) electrons. The van der Waals surface area contributed by atoms with Gasteiger partial charge >= 0.3 is 6.18 Å². The summed E-state index contributed by atoms with van der Waals surface area (Å²) in [5.74, 6) is -0.169. The van der Waals surface area contributed by atoms with E-state index in [0.29, 0.717) is 5.02 Å². The van der Waals surface area contributed by atoms with E-state index in [1.807, 2.05) is 0 Å². The molecule has 0 unspecified atom stereocenters. The van der Waals surface area contributed by atoms with E-state index in [2.05, 4.69) is 4.98 Å². The summed E-state index contributed by atoms with van der Waals surface area (Å²) in [5, 5.41) is 0.529. The second-order valence-corrected chi connectivity index (χ2v) is 5.59. The molecule has 3 rings (SSSR count).